The zero-order valence-electron chi connectivity index (χ0n) is 10.9. The number of aromatic nitrogens is 1. The Kier molecular flexibility index (Phi) is 5.12. The van der Waals surface area contributed by atoms with Gasteiger partial charge in [0.05, 0.1) is 12.2 Å². The molecule has 0 radical (unpaired) electrons. The van der Waals surface area contributed by atoms with Crippen molar-refractivity contribution in [3.8, 4) is 6.07 Å². The summed E-state index contributed by atoms with van der Waals surface area (Å²) in [7, 11) is 0. The van der Waals surface area contributed by atoms with Crippen molar-refractivity contribution < 1.29 is 9.53 Å². The molecule has 0 amide bonds. The first-order valence-corrected chi connectivity index (χ1v) is 5.87. The van der Waals surface area contributed by atoms with Crippen LogP contribution >= 0.6 is 0 Å². The number of esters is 1. The Morgan fingerprint density at radius 1 is 1.61 bits per heavy atom. The van der Waals surface area contributed by atoms with Crippen LogP contribution in [0.1, 0.15) is 26.3 Å². The Morgan fingerprint density at radius 3 is 2.89 bits per heavy atom. The minimum Gasteiger partial charge on any atom is -0.465 e. The third-order valence-corrected chi connectivity index (χ3v) is 2.41. The van der Waals surface area contributed by atoms with Crippen molar-refractivity contribution in [3.05, 3.63) is 23.9 Å². The molecule has 0 spiro atoms. The average molecular weight is 247 g/mol. The van der Waals surface area contributed by atoms with E-state index >= 15 is 0 Å². The third-order valence-electron chi connectivity index (χ3n) is 2.41. The van der Waals surface area contributed by atoms with Crippen LogP contribution in [0.5, 0.6) is 0 Å². The van der Waals surface area contributed by atoms with E-state index in [1.807, 2.05) is 13.8 Å². The monoisotopic (exact) mass is 247 g/mol. The molecular weight excluding hydrogens is 230 g/mol. The van der Waals surface area contributed by atoms with Crippen LogP contribution in [0.2, 0.25) is 0 Å². The first kappa shape index (κ1) is 14.0. The Bertz CT molecular complexity index is 452. The van der Waals surface area contributed by atoms with Crippen molar-refractivity contribution in [3.63, 3.8) is 0 Å². The number of carbonyl (C=O) groups is 1. The van der Waals surface area contributed by atoms with E-state index < -0.39 is 0 Å². The predicted molar refractivity (Wildman–Crippen MR) is 68.1 cm³/mol. The van der Waals surface area contributed by atoms with E-state index in [1.54, 1.807) is 30.2 Å². The second-order valence-electron chi connectivity index (χ2n) is 4.01. The minimum atomic E-state index is -0.319. The van der Waals surface area contributed by atoms with Gasteiger partial charge < -0.3 is 9.64 Å². The number of hydrogen-bond acceptors (Lipinski definition) is 5. The fraction of sp³-hybridized carbons (Fsp3) is 0.462. The second kappa shape index (κ2) is 6.60. The largest absolute Gasteiger partial charge is 0.465 e. The molecule has 0 atom stereocenters. The summed E-state index contributed by atoms with van der Waals surface area (Å²) in [5.41, 5.74) is 0.454. The lowest BCUT2D eigenvalue weighted by Gasteiger charge is -2.27. The van der Waals surface area contributed by atoms with Crippen molar-refractivity contribution >= 4 is 11.8 Å². The molecule has 0 aliphatic carbocycles. The molecule has 1 heterocycles. The third kappa shape index (κ3) is 3.45. The van der Waals surface area contributed by atoms with Gasteiger partial charge in [-0.05, 0) is 32.9 Å². The topological polar surface area (TPSA) is 66.2 Å². The number of hydrogen-bond donors (Lipinski definition) is 0. The number of nitriles is 1. The highest BCUT2D eigenvalue weighted by Gasteiger charge is 2.19. The van der Waals surface area contributed by atoms with Crippen LogP contribution in [0.15, 0.2) is 18.3 Å². The number of carbonyl (C=O) groups excluding carboxylic acids is 1. The van der Waals surface area contributed by atoms with E-state index in [9.17, 15) is 4.79 Å². The molecule has 1 aromatic rings. The summed E-state index contributed by atoms with van der Waals surface area (Å²) >= 11 is 0. The van der Waals surface area contributed by atoms with Crippen LogP contribution in [0, 0.1) is 11.3 Å². The molecule has 5 nitrogen and oxygen atoms in total. The number of nitrogens with zero attached hydrogens (tertiary/aromatic N) is 3. The molecule has 18 heavy (non-hydrogen) atoms. The van der Waals surface area contributed by atoms with Gasteiger partial charge in [0.15, 0.2) is 0 Å². The Labute approximate surface area is 107 Å². The first-order valence-electron chi connectivity index (χ1n) is 5.87. The van der Waals surface area contributed by atoms with E-state index in [0.717, 1.165) is 0 Å². The molecular formula is C13H17N3O2. The van der Waals surface area contributed by atoms with Crippen molar-refractivity contribution in [2.24, 2.45) is 0 Å². The van der Waals surface area contributed by atoms with Gasteiger partial charge in [-0.3, -0.25) is 4.79 Å². The molecule has 0 N–H and O–H groups in total. The molecule has 0 saturated heterocycles. The van der Waals surface area contributed by atoms with Crippen LogP contribution in [-0.4, -0.2) is 30.1 Å². The summed E-state index contributed by atoms with van der Waals surface area (Å²) in [4.78, 5) is 17.5. The van der Waals surface area contributed by atoms with Crippen LogP contribution < -0.4 is 4.90 Å². The molecule has 0 aromatic carbocycles. The molecule has 0 unspecified atom stereocenters. The highest BCUT2D eigenvalue weighted by atomic mass is 16.5. The minimum absolute atomic E-state index is 0.0522. The Hall–Kier alpha value is -2.09. The van der Waals surface area contributed by atoms with Gasteiger partial charge >= 0.3 is 5.97 Å². The van der Waals surface area contributed by atoms with E-state index in [2.05, 4.69) is 11.1 Å². The predicted octanol–water partition coefficient (Wildman–Crippen LogP) is 1.73. The highest BCUT2D eigenvalue weighted by Crippen LogP contribution is 2.18. The average Bonchev–Trinajstić information content (AvgIpc) is 2.36. The van der Waals surface area contributed by atoms with Gasteiger partial charge in [-0.25, -0.2) is 4.98 Å². The van der Waals surface area contributed by atoms with Crippen LogP contribution in [-0.2, 0) is 9.53 Å². The Morgan fingerprint density at radius 2 is 2.33 bits per heavy atom. The van der Waals surface area contributed by atoms with Gasteiger partial charge in [0, 0.05) is 12.2 Å². The molecule has 0 aliphatic heterocycles. The maximum absolute atomic E-state index is 11.6. The van der Waals surface area contributed by atoms with Gasteiger partial charge in [0.1, 0.15) is 18.4 Å². The van der Waals surface area contributed by atoms with Crippen molar-refractivity contribution in [1.82, 2.24) is 4.98 Å². The van der Waals surface area contributed by atoms with E-state index in [0.29, 0.717) is 18.0 Å². The molecule has 0 fully saturated rings. The zero-order valence-corrected chi connectivity index (χ0v) is 10.9. The molecule has 0 aliphatic rings. The number of rotatable bonds is 5. The molecule has 1 rings (SSSR count). The van der Waals surface area contributed by atoms with Crippen molar-refractivity contribution in [2.45, 2.75) is 26.8 Å². The van der Waals surface area contributed by atoms with E-state index in [4.69, 9.17) is 10.00 Å². The summed E-state index contributed by atoms with van der Waals surface area (Å²) in [5, 5.41) is 9.05. The summed E-state index contributed by atoms with van der Waals surface area (Å²) in [6.45, 7) is 6.08. The van der Waals surface area contributed by atoms with Crippen molar-refractivity contribution in [2.75, 3.05) is 18.1 Å². The number of pyridine rings is 1. The van der Waals surface area contributed by atoms with Crippen LogP contribution in [0.25, 0.3) is 0 Å². The van der Waals surface area contributed by atoms with Gasteiger partial charge in [-0.2, -0.15) is 5.26 Å². The van der Waals surface area contributed by atoms with E-state index in [1.165, 1.54) is 0 Å². The molecule has 0 saturated carbocycles. The van der Waals surface area contributed by atoms with Gasteiger partial charge in [0.25, 0.3) is 0 Å². The summed E-state index contributed by atoms with van der Waals surface area (Å²) in [6.07, 6.45) is 1.61. The van der Waals surface area contributed by atoms with Gasteiger partial charge in [-0.1, -0.05) is 0 Å². The van der Waals surface area contributed by atoms with Crippen molar-refractivity contribution in [1.29, 1.82) is 5.26 Å². The number of anilines is 1. The maximum atomic E-state index is 11.6. The van der Waals surface area contributed by atoms with Gasteiger partial charge in [-0.15, -0.1) is 0 Å². The maximum Gasteiger partial charge on any atom is 0.325 e. The fourth-order valence-corrected chi connectivity index (χ4v) is 1.56. The zero-order chi connectivity index (χ0) is 13.5. The highest BCUT2D eigenvalue weighted by molar-refractivity contribution is 5.76. The molecule has 96 valence electrons. The lowest BCUT2D eigenvalue weighted by molar-refractivity contribution is -0.141. The van der Waals surface area contributed by atoms with Crippen LogP contribution in [0.3, 0.4) is 0 Å². The fourth-order valence-electron chi connectivity index (χ4n) is 1.56. The van der Waals surface area contributed by atoms with Gasteiger partial charge in [0.2, 0.25) is 0 Å². The second-order valence-corrected chi connectivity index (χ2v) is 4.01. The standard InChI is InChI=1S/C13H17N3O2/c1-4-18-12(17)9-16(10(2)3)13-11(8-14)6-5-7-15-13/h5-7,10H,4,9H2,1-3H3. The SMILES string of the molecule is CCOC(=O)CN(c1ncccc1C#N)C(C)C. The van der Waals surface area contributed by atoms with E-state index in [-0.39, 0.29) is 18.6 Å². The normalized spacial score (nSPS) is 9.94. The number of ether oxygens (including phenoxy) is 1. The lowest BCUT2D eigenvalue weighted by atomic mass is 10.2. The Balaban J connectivity index is 2.98. The molecule has 1 aromatic heterocycles. The molecule has 0 bridgehead atoms. The molecule has 5 heteroatoms. The van der Waals surface area contributed by atoms with Crippen LogP contribution in [0.4, 0.5) is 5.82 Å². The summed E-state index contributed by atoms with van der Waals surface area (Å²) in [6, 6.07) is 5.51. The summed E-state index contributed by atoms with van der Waals surface area (Å²) in [5.74, 6) is 0.198. The smallest absolute Gasteiger partial charge is 0.325 e. The first-order chi connectivity index (χ1) is 8.60. The summed E-state index contributed by atoms with van der Waals surface area (Å²) < 4.78 is 4.93. The lowest BCUT2D eigenvalue weighted by Crippen LogP contribution is -2.37. The quantitative estimate of drug-likeness (QED) is 0.741.